The first-order chi connectivity index (χ1) is 30.5. The lowest BCUT2D eigenvalue weighted by Gasteiger charge is -2.18. The van der Waals surface area contributed by atoms with Gasteiger partial charge in [0.2, 0.25) is 0 Å². The molecule has 0 fully saturated rings. The Balaban J connectivity index is 4.22. The van der Waals surface area contributed by atoms with Gasteiger partial charge in [0.05, 0.1) is 0 Å². The Labute approximate surface area is 385 Å². The van der Waals surface area contributed by atoms with Crippen molar-refractivity contribution in [1.29, 1.82) is 0 Å². The summed E-state index contributed by atoms with van der Waals surface area (Å²) in [4.78, 5) is 37.9. The Morgan fingerprint density at radius 3 is 0.903 bits per heavy atom. The first kappa shape index (κ1) is 59.6. The number of carbonyl (C=O) groups excluding carboxylic acids is 3. The van der Waals surface area contributed by atoms with Crippen molar-refractivity contribution in [3.8, 4) is 0 Å². The summed E-state index contributed by atoms with van der Waals surface area (Å²) in [5, 5.41) is 0. The lowest BCUT2D eigenvalue weighted by Crippen LogP contribution is -2.30. The van der Waals surface area contributed by atoms with Gasteiger partial charge in [-0.15, -0.1) is 0 Å². The van der Waals surface area contributed by atoms with Gasteiger partial charge in [-0.2, -0.15) is 0 Å². The third kappa shape index (κ3) is 48.7. The summed E-state index contributed by atoms with van der Waals surface area (Å²) in [5.74, 6) is -0.869. The zero-order valence-corrected chi connectivity index (χ0v) is 41.4. The Morgan fingerprint density at radius 2 is 0.581 bits per heavy atom. The minimum Gasteiger partial charge on any atom is -0.462 e. The maximum Gasteiger partial charge on any atom is 0.306 e. The van der Waals surface area contributed by atoms with E-state index in [2.05, 4.69) is 57.2 Å². The lowest BCUT2D eigenvalue weighted by atomic mass is 10.1. The van der Waals surface area contributed by atoms with E-state index in [9.17, 15) is 14.4 Å². The molecule has 0 aromatic heterocycles. The van der Waals surface area contributed by atoms with E-state index < -0.39 is 6.10 Å². The van der Waals surface area contributed by atoms with Gasteiger partial charge < -0.3 is 14.2 Å². The predicted octanol–water partition coefficient (Wildman–Crippen LogP) is 17.7. The van der Waals surface area contributed by atoms with E-state index in [0.29, 0.717) is 19.3 Å². The van der Waals surface area contributed by atoms with Crippen LogP contribution >= 0.6 is 0 Å². The summed E-state index contributed by atoms with van der Waals surface area (Å²) in [5.41, 5.74) is 0. The highest BCUT2D eigenvalue weighted by molar-refractivity contribution is 5.71. The van der Waals surface area contributed by atoms with E-state index in [-0.39, 0.29) is 31.1 Å². The highest BCUT2D eigenvalue weighted by Crippen LogP contribution is 2.15. The molecule has 0 aromatic rings. The van der Waals surface area contributed by atoms with Crippen LogP contribution in [0.5, 0.6) is 0 Å². The number of esters is 3. The zero-order chi connectivity index (χ0) is 45.1. The summed E-state index contributed by atoms with van der Waals surface area (Å²) in [6.07, 6.45) is 59.9. The summed E-state index contributed by atoms with van der Waals surface area (Å²) in [7, 11) is 0. The van der Waals surface area contributed by atoms with Crippen molar-refractivity contribution in [3.05, 3.63) is 36.5 Å². The predicted molar refractivity (Wildman–Crippen MR) is 266 cm³/mol. The first-order valence-electron chi connectivity index (χ1n) is 27.0. The molecule has 0 saturated carbocycles. The third-order valence-corrected chi connectivity index (χ3v) is 11.9. The molecule has 0 saturated heterocycles. The summed E-state index contributed by atoms with van der Waals surface area (Å²) >= 11 is 0. The molecule has 0 radical (unpaired) electrons. The maximum absolute atomic E-state index is 12.7. The number of unbranched alkanes of at least 4 members (excludes halogenated alkanes) is 32. The molecular formula is C56H102O6. The van der Waals surface area contributed by atoms with Crippen LogP contribution in [-0.2, 0) is 28.6 Å². The van der Waals surface area contributed by atoms with Crippen molar-refractivity contribution in [2.24, 2.45) is 0 Å². The molecule has 1 unspecified atom stereocenters. The van der Waals surface area contributed by atoms with Crippen molar-refractivity contribution >= 4 is 17.9 Å². The van der Waals surface area contributed by atoms with Crippen molar-refractivity contribution in [3.63, 3.8) is 0 Å². The average molecular weight is 871 g/mol. The fourth-order valence-electron chi connectivity index (χ4n) is 7.80. The molecule has 6 heteroatoms. The number of hydrogen-bond donors (Lipinski definition) is 0. The SMILES string of the molecule is CCCCCCC/C=C\C/C=C\C/C=C\CCCCCCCCCCC(=O)OCC(COC(=O)CCCCCCCCCCCC)OC(=O)CCCCCCCCCCCCC. The molecule has 0 N–H and O–H groups in total. The molecule has 0 rings (SSSR count). The van der Waals surface area contributed by atoms with Gasteiger partial charge in [-0.25, -0.2) is 0 Å². The van der Waals surface area contributed by atoms with Gasteiger partial charge in [-0.05, 0) is 57.8 Å². The first-order valence-corrected chi connectivity index (χ1v) is 27.0. The van der Waals surface area contributed by atoms with E-state index in [1.165, 1.54) is 167 Å². The number of hydrogen-bond acceptors (Lipinski definition) is 6. The van der Waals surface area contributed by atoms with Crippen molar-refractivity contribution in [2.45, 2.75) is 290 Å². The molecule has 0 aliphatic carbocycles. The molecule has 0 aliphatic heterocycles. The largest absolute Gasteiger partial charge is 0.462 e. The third-order valence-electron chi connectivity index (χ3n) is 11.9. The van der Waals surface area contributed by atoms with Crippen LogP contribution in [0.3, 0.4) is 0 Å². The molecular weight excluding hydrogens is 769 g/mol. The molecule has 362 valence electrons. The normalized spacial score (nSPS) is 12.2. The Morgan fingerprint density at radius 1 is 0.323 bits per heavy atom. The van der Waals surface area contributed by atoms with Crippen LogP contribution in [0.25, 0.3) is 0 Å². The van der Waals surface area contributed by atoms with Crippen molar-refractivity contribution in [1.82, 2.24) is 0 Å². The number of ether oxygens (including phenoxy) is 3. The van der Waals surface area contributed by atoms with E-state index in [0.717, 1.165) is 77.0 Å². The minimum atomic E-state index is -0.768. The average Bonchev–Trinajstić information content (AvgIpc) is 3.27. The number of allylic oxidation sites excluding steroid dienone is 6. The van der Waals surface area contributed by atoms with Crippen LogP contribution in [0.2, 0.25) is 0 Å². The van der Waals surface area contributed by atoms with Crippen molar-refractivity contribution < 1.29 is 28.6 Å². The van der Waals surface area contributed by atoms with Crippen LogP contribution in [0.1, 0.15) is 284 Å². The Hall–Kier alpha value is -2.37. The second kappa shape index (κ2) is 51.3. The topological polar surface area (TPSA) is 78.9 Å². The van der Waals surface area contributed by atoms with E-state index in [4.69, 9.17) is 14.2 Å². The second-order valence-corrected chi connectivity index (χ2v) is 18.2. The smallest absolute Gasteiger partial charge is 0.306 e. The molecule has 0 aliphatic rings. The molecule has 0 amide bonds. The molecule has 6 nitrogen and oxygen atoms in total. The molecule has 0 bridgehead atoms. The van der Waals surface area contributed by atoms with Crippen LogP contribution in [-0.4, -0.2) is 37.2 Å². The van der Waals surface area contributed by atoms with E-state index in [1.54, 1.807) is 0 Å². The molecule has 1 atom stereocenters. The van der Waals surface area contributed by atoms with Gasteiger partial charge in [0.15, 0.2) is 6.10 Å². The van der Waals surface area contributed by atoms with Crippen LogP contribution < -0.4 is 0 Å². The summed E-state index contributed by atoms with van der Waals surface area (Å²) in [6, 6.07) is 0. The van der Waals surface area contributed by atoms with Crippen molar-refractivity contribution in [2.75, 3.05) is 13.2 Å². The van der Waals surface area contributed by atoms with Gasteiger partial charge in [-0.1, -0.05) is 243 Å². The van der Waals surface area contributed by atoms with Gasteiger partial charge in [0, 0.05) is 19.3 Å². The molecule has 0 spiro atoms. The summed E-state index contributed by atoms with van der Waals surface area (Å²) < 4.78 is 16.8. The monoisotopic (exact) mass is 871 g/mol. The van der Waals surface area contributed by atoms with E-state index >= 15 is 0 Å². The van der Waals surface area contributed by atoms with Gasteiger partial charge in [0.25, 0.3) is 0 Å². The highest BCUT2D eigenvalue weighted by atomic mass is 16.6. The summed E-state index contributed by atoms with van der Waals surface area (Å²) in [6.45, 7) is 6.62. The van der Waals surface area contributed by atoms with Gasteiger partial charge in [0.1, 0.15) is 13.2 Å². The quantitative estimate of drug-likeness (QED) is 0.0262. The fourth-order valence-corrected chi connectivity index (χ4v) is 7.80. The molecule has 0 heterocycles. The maximum atomic E-state index is 12.7. The van der Waals surface area contributed by atoms with E-state index in [1.807, 2.05) is 0 Å². The Kier molecular flexibility index (Phi) is 49.3. The standard InChI is InChI=1S/C56H102O6/c1-4-7-10-13-16-19-22-23-24-25-26-27-28-29-30-31-32-33-35-37-40-43-46-49-55(58)61-52-53(51-60-54(57)48-45-42-39-36-21-18-15-12-9-6-3)62-56(59)50-47-44-41-38-34-20-17-14-11-8-5-2/h22-23,25-26,28-29,53H,4-21,24,27,30-52H2,1-3H3/b23-22-,26-25-,29-28-. The lowest BCUT2D eigenvalue weighted by molar-refractivity contribution is -0.167. The van der Waals surface area contributed by atoms with Crippen LogP contribution in [0.15, 0.2) is 36.5 Å². The van der Waals surface area contributed by atoms with Gasteiger partial charge >= 0.3 is 17.9 Å². The second-order valence-electron chi connectivity index (χ2n) is 18.2. The highest BCUT2D eigenvalue weighted by Gasteiger charge is 2.19. The van der Waals surface area contributed by atoms with Crippen LogP contribution in [0.4, 0.5) is 0 Å². The molecule has 0 aromatic carbocycles. The fraction of sp³-hybridized carbons (Fsp3) is 0.839. The Bertz CT molecular complexity index is 1050. The zero-order valence-electron chi connectivity index (χ0n) is 41.4. The number of carbonyl (C=O) groups is 3. The number of rotatable bonds is 49. The van der Waals surface area contributed by atoms with Gasteiger partial charge in [-0.3, -0.25) is 14.4 Å². The minimum absolute atomic E-state index is 0.0705. The molecule has 62 heavy (non-hydrogen) atoms. The van der Waals surface area contributed by atoms with Crippen LogP contribution in [0, 0.1) is 0 Å².